The molecule has 0 radical (unpaired) electrons. The second-order valence-electron chi connectivity index (χ2n) is 5.81. The highest BCUT2D eigenvalue weighted by atomic mass is 35.5. The number of halogens is 1. The maximum Gasteiger partial charge on any atom is 0.135 e. The van der Waals surface area contributed by atoms with Gasteiger partial charge >= 0.3 is 0 Å². The Kier molecular flexibility index (Phi) is 3.42. The zero-order valence-electron chi connectivity index (χ0n) is 10.8. The predicted octanol–water partition coefficient (Wildman–Crippen LogP) is 4.00. The fraction of sp³-hybridized carbons (Fsp3) is 0.714. The van der Waals surface area contributed by atoms with E-state index in [1.807, 2.05) is 6.07 Å². The molecule has 1 aromatic rings. The van der Waals surface area contributed by atoms with Gasteiger partial charge in [-0.1, -0.05) is 18.5 Å². The molecule has 2 fully saturated rings. The van der Waals surface area contributed by atoms with Crippen molar-refractivity contribution in [3.8, 4) is 0 Å². The van der Waals surface area contributed by atoms with Gasteiger partial charge in [0.05, 0.1) is 0 Å². The first kappa shape index (κ1) is 12.2. The molecule has 0 aromatic carbocycles. The lowest BCUT2D eigenvalue weighted by molar-refractivity contribution is 0.360. The highest BCUT2D eigenvalue weighted by molar-refractivity contribution is 6.29. The zero-order chi connectivity index (χ0) is 12.5. The molecule has 18 heavy (non-hydrogen) atoms. The molecule has 3 rings (SSSR count). The van der Waals surface area contributed by atoms with E-state index in [0.717, 1.165) is 17.6 Å². The van der Waals surface area contributed by atoms with Gasteiger partial charge in [0.15, 0.2) is 0 Å². The largest absolute Gasteiger partial charge is 0.367 e. The van der Waals surface area contributed by atoms with Crippen LogP contribution in [-0.2, 0) is 0 Å². The SMILES string of the molecule is CC1CCC(Nc2cc(Cl)nc(C3CC3)n2)CC1. The van der Waals surface area contributed by atoms with Crippen molar-refractivity contribution in [2.45, 2.75) is 57.4 Å². The summed E-state index contributed by atoms with van der Waals surface area (Å²) in [5, 5.41) is 4.10. The van der Waals surface area contributed by atoms with E-state index in [0.29, 0.717) is 17.1 Å². The van der Waals surface area contributed by atoms with Gasteiger partial charge < -0.3 is 5.32 Å². The van der Waals surface area contributed by atoms with Crippen molar-refractivity contribution in [2.75, 3.05) is 5.32 Å². The normalized spacial score (nSPS) is 28.1. The topological polar surface area (TPSA) is 37.8 Å². The number of rotatable bonds is 3. The van der Waals surface area contributed by atoms with Crippen molar-refractivity contribution >= 4 is 17.4 Å². The first-order chi connectivity index (χ1) is 8.70. The van der Waals surface area contributed by atoms with Gasteiger partial charge in [0.2, 0.25) is 0 Å². The lowest BCUT2D eigenvalue weighted by Crippen LogP contribution is -2.25. The van der Waals surface area contributed by atoms with Crippen molar-refractivity contribution in [3.63, 3.8) is 0 Å². The van der Waals surface area contributed by atoms with Crippen molar-refractivity contribution in [2.24, 2.45) is 5.92 Å². The first-order valence-electron chi connectivity index (χ1n) is 7.01. The van der Waals surface area contributed by atoms with Crippen LogP contribution in [0.1, 0.15) is 57.2 Å². The van der Waals surface area contributed by atoms with E-state index in [1.54, 1.807) is 0 Å². The van der Waals surface area contributed by atoms with Crippen LogP contribution in [0.2, 0.25) is 5.15 Å². The third-order valence-electron chi connectivity index (χ3n) is 4.02. The lowest BCUT2D eigenvalue weighted by Gasteiger charge is -2.27. The summed E-state index contributed by atoms with van der Waals surface area (Å²) in [7, 11) is 0. The van der Waals surface area contributed by atoms with Gasteiger partial charge in [-0.05, 0) is 44.4 Å². The Morgan fingerprint density at radius 1 is 1.11 bits per heavy atom. The summed E-state index contributed by atoms with van der Waals surface area (Å²) in [6, 6.07) is 2.41. The van der Waals surface area contributed by atoms with Crippen LogP contribution in [0.15, 0.2) is 6.07 Å². The van der Waals surface area contributed by atoms with E-state index in [4.69, 9.17) is 11.6 Å². The smallest absolute Gasteiger partial charge is 0.135 e. The molecule has 1 heterocycles. The third-order valence-corrected chi connectivity index (χ3v) is 4.22. The average molecular weight is 266 g/mol. The highest BCUT2D eigenvalue weighted by Crippen LogP contribution is 2.39. The Balaban J connectivity index is 1.68. The summed E-state index contributed by atoms with van der Waals surface area (Å²) < 4.78 is 0. The van der Waals surface area contributed by atoms with Gasteiger partial charge in [0.1, 0.15) is 16.8 Å². The van der Waals surface area contributed by atoms with Crippen LogP contribution in [0.3, 0.4) is 0 Å². The van der Waals surface area contributed by atoms with Crippen molar-refractivity contribution in [1.29, 1.82) is 0 Å². The maximum absolute atomic E-state index is 6.07. The Morgan fingerprint density at radius 3 is 2.50 bits per heavy atom. The van der Waals surface area contributed by atoms with Crippen LogP contribution in [0.5, 0.6) is 0 Å². The van der Waals surface area contributed by atoms with E-state index in [2.05, 4.69) is 22.2 Å². The molecule has 0 spiro atoms. The second-order valence-corrected chi connectivity index (χ2v) is 6.20. The van der Waals surface area contributed by atoms with Crippen molar-refractivity contribution < 1.29 is 0 Å². The molecule has 98 valence electrons. The Labute approximate surface area is 113 Å². The number of hydrogen-bond acceptors (Lipinski definition) is 3. The molecule has 1 N–H and O–H groups in total. The van der Waals surface area contributed by atoms with E-state index in [-0.39, 0.29) is 0 Å². The minimum absolute atomic E-state index is 0.552. The van der Waals surface area contributed by atoms with Crippen LogP contribution in [0.25, 0.3) is 0 Å². The molecular weight excluding hydrogens is 246 g/mol. The van der Waals surface area contributed by atoms with Gasteiger partial charge in [-0.3, -0.25) is 0 Å². The van der Waals surface area contributed by atoms with Crippen molar-refractivity contribution in [3.05, 3.63) is 17.0 Å². The average Bonchev–Trinajstić information content (AvgIpc) is 3.15. The molecule has 2 saturated carbocycles. The summed E-state index contributed by atoms with van der Waals surface area (Å²) >= 11 is 6.07. The van der Waals surface area contributed by atoms with Crippen LogP contribution in [0, 0.1) is 5.92 Å². The molecule has 0 bridgehead atoms. The number of anilines is 1. The zero-order valence-corrected chi connectivity index (χ0v) is 11.6. The van der Waals surface area contributed by atoms with Gasteiger partial charge in [0.25, 0.3) is 0 Å². The molecule has 0 atom stereocenters. The summed E-state index contributed by atoms with van der Waals surface area (Å²) in [5.41, 5.74) is 0. The van der Waals surface area contributed by atoms with E-state index in [1.165, 1.54) is 38.5 Å². The monoisotopic (exact) mass is 265 g/mol. The summed E-state index contributed by atoms with van der Waals surface area (Å²) in [5.74, 6) is 3.26. The van der Waals surface area contributed by atoms with Crippen LogP contribution >= 0.6 is 11.6 Å². The van der Waals surface area contributed by atoms with Gasteiger partial charge in [-0.25, -0.2) is 9.97 Å². The van der Waals surface area contributed by atoms with E-state index >= 15 is 0 Å². The summed E-state index contributed by atoms with van der Waals surface area (Å²) in [6.45, 7) is 2.34. The number of nitrogens with zero attached hydrogens (tertiary/aromatic N) is 2. The molecule has 2 aliphatic rings. The molecule has 0 aliphatic heterocycles. The van der Waals surface area contributed by atoms with Gasteiger partial charge in [-0.2, -0.15) is 0 Å². The lowest BCUT2D eigenvalue weighted by atomic mass is 9.87. The Hall–Kier alpha value is -0.830. The molecule has 2 aliphatic carbocycles. The third kappa shape index (κ3) is 2.94. The van der Waals surface area contributed by atoms with E-state index < -0.39 is 0 Å². The molecule has 0 unspecified atom stereocenters. The van der Waals surface area contributed by atoms with Gasteiger partial charge in [0, 0.05) is 18.0 Å². The molecule has 0 amide bonds. The molecule has 1 aromatic heterocycles. The highest BCUT2D eigenvalue weighted by Gasteiger charge is 2.27. The van der Waals surface area contributed by atoms with Gasteiger partial charge in [-0.15, -0.1) is 0 Å². The standard InChI is InChI=1S/C14H20ClN3/c1-9-2-6-11(7-3-9)16-13-8-12(15)17-14(18-13)10-4-5-10/h8-11H,2-7H2,1H3,(H,16,17,18). The van der Waals surface area contributed by atoms with Crippen LogP contribution < -0.4 is 5.32 Å². The Bertz CT molecular complexity index is 423. The molecule has 3 nitrogen and oxygen atoms in total. The first-order valence-corrected chi connectivity index (χ1v) is 7.39. The maximum atomic E-state index is 6.07. The van der Waals surface area contributed by atoms with Crippen LogP contribution in [-0.4, -0.2) is 16.0 Å². The van der Waals surface area contributed by atoms with E-state index in [9.17, 15) is 0 Å². The fourth-order valence-electron chi connectivity index (χ4n) is 2.65. The number of hydrogen-bond donors (Lipinski definition) is 1. The van der Waals surface area contributed by atoms with Crippen molar-refractivity contribution in [1.82, 2.24) is 9.97 Å². The minimum Gasteiger partial charge on any atom is -0.367 e. The molecular formula is C14H20ClN3. The fourth-order valence-corrected chi connectivity index (χ4v) is 2.84. The van der Waals surface area contributed by atoms with Crippen LogP contribution in [0.4, 0.5) is 5.82 Å². The minimum atomic E-state index is 0.552. The number of aromatic nitrogens is 2. The molecule has 0 saturated heterocycles. The quantitative estimate of drug-likeness (QED) is 0.840. The second kappa shape index (κ2) is 5.04. The summed E-state index contributed by atoms with van der Waals surface area (Å²) in [4.78, 5) is 8.92. The summed E-state index contributed by atoms with van der Waals surface area (Å²) in [6.07, 6.45) is 7.52. The number of nitrogens with one attached hydrogen (secondary N) is 1. The predicted molar refractivity (Wildman–Crippen MR) is 74.1 cm³/mol. The molecule has 4 heteroatoms. The Morgan fingerprint density at radius 2 is 1.83 bits per heavy atom.